The van der Waals surface area contributed by atoms with Crippen molar-refractivity contribution in [1.29, 1.82) is 5.26 Å². The van der Waals surface area contributed by atoms with Crippen molar-refractivity contribution in [2.24, 2.45) is 0 Å². The Kier molecular flexibility index (Phi) is 4.40. The van der Waals surface area contributed by atoms with Crippen molar-refractivity contribution in [2.75, 3.05) is 25.0 Å². The summed E-state index contributed by atoms with van der Waals surface area (Å²) in [6.45, 7) is 3.98. The normalized spacial score (nSPS) is 16.3. The summed E-state index contributed by atoms with van der Waals surface area (Å²) < 4.78 is 0. The van der Waals surface area contributed by atoms with Crippen molar-refractivity contribution >= 4 is 11.6 Å². The maximum Gasteiger partial charge on any atom is 0.223 e. The fourth-order valence-corrected chi connectivity index (χ4v) is 2.52. The van der Waals surface area contributed by atoms with Gasteiger partial charge in [-0.15, -0.1) is 0 Å². The van der Waals surface area contributed by atoms with Gasteiger partial charge in [-0.25, -0.2) is 0 Å². The fourth-order valence-electron chi connectivity index (χ4n) is 2.52. The molecule has 0 aliphatic carbocycles. The third kappa shape index (κ3) is 3.05. The molecule has 0 saturated heterocycles. The average Bonchev–Trinajstić information content (AvgIpc) is 2.83. The monoisotopic (exact) mass is 257 g/mol. The van der Waals surface area contributed by atoms with Crippen molar-refractivity contribution in [2.45, 2.75) is 25.7 Å². The van der Waals surface area contributed by atoms with Gasteiger partial charge in [-0.2, -0.15) is 5.26 Å². The van der Waals surface area contributed by atoms with Gasteiger partial charge in [0.1, 0.15) is 0 Å². The van der Waals surface area contributed by atoms with Crippen LogP contribution in [0.5, 0.6) is 0 Å². The predicted octanol–water partition coefficient (Wildman–Crippen LogP) is 2.35. The lowest BCUT2D eigenvalue weighted by atomic mass is 9.97. The van der Waals surface area contributed by atoms with Crippen LogP contribution in [0.1, 0.15) is 31.2 Å². The molecule has 0 radical (unpaired) electrons. The minimum absolute atomic E-state index is 0.140. The summed E-state index contributed by atoms with van der Waals surface area (Å²) in [4.78, 5) is 14.0. The van der Waals surface area contributed by atoms with Crippen LogP contribution in [0, 0.1) is 11.3 Å². The minimum Gasteiger partial charge on any atom is -0.384 e. The molecule has 2 rings (SSSR count). The smallest absolute Gasteiger partial charge is 0.223 e. The molecule has 1 aliphatic rings. The average molecular weight is 257 g/mol. The molecular formula is C15H19N3O. The molecule has 4 heteroatoms. The Bertz CT molecular complexity index is 492. The van der Waals surface area contributed by atoms with Crippen LogP contribution in [-0.4, -0.2) is 30.4 Å². The molecule has 100 valence electrons. The third-order valence-electron chi connectivity index (χ3n) is 3.59. The summed E-state index contributed by atoms with van der Waals surface area (Å²) >= 11 is 0. The number of hydrogen-bond acceptors (Lipinski definition) is 3. The number of nitrogens with one attached hydrogen (secondary N) is 1. The lowest BCUT2D eigenvalue weighted by molar-refractivity contribution is -0.131. The van der Waals surface area contributed by atoms with Crippen LogP contribution in [0.2, 0.25) is 0 Å². The number of benzene rings is 1. The van der Waals surface area contributed by atoms with Gasteiger partial charge in [0, 0.05) is 37.7 Å². The first kappa shape index (κ1) is 13.4. The molecule has 0 aromatic heterocycles. The van der Waals surface area contributed by atoms with E-state index in [0.717, 1.165) is 12.2 Å². The molecular weight excluding hydrogens is 238 g/mol. The number of carbonyl (C=O) groups excluding carboxylic acids is 1. The molecule has 1 amide bonds. The van der Waals surface area contributed by atoms with Crippen LogP contribution in [0.25, 0.3) is 0 Å². The summed E-state index contributed by atoms with van der Waals surface area (Å²) in [5, 5.41) is 11.9. The number of fused-ring (bicyclic) bond motifs is 1. The Labute approximate surface area is 114 Å². The Morgan fingerprint density at radius 2 is 2.32 bits per heavy atom. The summed E-state index contributed by atoms with van der Waals surface area (Å²) in [7, 11) is 0. The number of nitriles is 1. The summed E-state index contributed by atoms with van der Waals surface area (Å²) in [6, 6.07) is 10.2. The summed E-state index contributed by atoms with van der Waals surface area (Å²) in [5.74, 6) is 0.390. The zero-order valence-corrected chi connectivity index (χ0v) is 11.2. The molecule has 1 aromatic carbocycles. The second-order valence-electron chi connectivity index (χ2n) is 4.75. The van der Waals surface area contributed by atoms with E-state index in [-0.39, 0.29) is 11.8 Å². The van der Waals surface area contributed by atoms with Crippen LogP contribution in [0.4, 0.5) is 5.69 Å². The highest BCUT2D eigenvalue weighted by molar-refractivity contribution is 5.78. The van der Waals surface area contributed by atoms with Gasteiger partial charge < -0.3 is 10.2 Å². The van der Waals surface area contributed by atoms with E-state index < -0.39 is 0 Å². The van der Waals surface area contributed by atoms with Crippen molar-refractivity contribution in [3.63, 3.8) is 0 Å². The number of rotatable bonds is 5. The Balaban J connectivity index is 1.98. The van der Waals surface area contributed by atoms with E-state index >= 15 is 0 Å². The molecule has 0 bridgehead atoms. The molecule has 19 heavy (non-hydrogen) atoms. The lowest BCUT2D eigenvalue weighted by Crippen LogP contribution is -2.32. The summed E-state index contributed by atoms with van der Waals surface area (Å²) in [6.07, 6.45) is 0.919. The van der Waals surface area contributed by atoms with E-state index in [0.29, 0.717) is 25.9 Å². The van der Waals surface area contributed by atoms with Crippen LogP contribution < -0.4 is 5.32 Å². The zero-order chi connectivity index (χ0) is 13.7. The highest BCUT2D eigenvalue weighted by atomic mass is 16.2. The molecule has 0 fully saturated rings. The van der Waals surface area contributed by atoms with Gasteiger partial charge in [0.15, 0.2) is 0 Å². The van der Waals surface area contributed by atoms with E-state index in [1.807, 2.05) is 25.1 Å². The second-order valence-corrected chi connectivity index (χ2v) is 4.75. The molecule has 0 spiro atoms. The van der Waals surface area contributed by atoms with Crippen molar-refractivity contribution in [3.05, 3.63) is 29.8 Å². The largest absolute Gasteiger partial charge is 0.384 e. The van der Waals surface area contributed by atoms with Crippen LogP contribution in [-0.2, 0) is 4.79 Å². The maximum absolute atomic E-state index is 12.2. The zero-order valence-electron chi connectivity index (χ0n) is 11.2. The Morgan fingerprint density at radius 1 is 1.53 bits per heavy atom. The van der Waals surface area contributed by atoms with Crippen LogP contribution in [0.3, 0.4) is 0 Å². The second kappa shape index (κ2) is 6.24. The molecule has 1 aliphatic heterocycles. The molecule has 1 atom stereocenters. The third-order valence-corrected chi connectivity index (χ3v) is 3.59. The van der Waals surface area contributed by atoms with E-state index in [2.05, 4.69) is 17.5 Å². The van der Waals surface area contributed by atoms with Crippen LogP contribution >= 0.6 is 0 Å². The van der Waals surface area contributed by atoms with Gasteiger partial charge in [0.2, 0.25) is 5.91 Å². The van der Waals surface area contributed by atoms with E-state index in [1.54, 1.807) is 4.90 Å². The quantitative estimate of drug-likeness (QED) is 0.881. The molecule has 1 heterocycles. The van der Waals surface area contributed by atoms with Crippen molar-refractivity contribution in [3.8, 4) is 6.07 Å². The lowest BCUT2D eigenvalue weighted by Gasteiger charge is -2.21. The number of para-hydroxylation sites is 1. The number of nitrogens with zero attached hydrogens (tertiary/aromatic N) is 2. The number of carbonyl (C=O) groups is 1. The standard InChI is InChI=1S/C15H19N3O/c1-2-18(9-5-8-16)15(19)10-12-11-17-14-7-4-3-6-13(12)14/h3-4,6-7,12,17H,2,5,9-11H2,1H3. The number of anilines is 1. The van der Waals surface area contributed by atoms with E-state index in [1.165, 1.54) is 5.56 Å². The van der Waals surface area contributed by atoms with Gasteiger partial charge in [0.05, 0.1) is 12.5 Å². The van der Waals surface area contributed by atoms with Gasteiger partial charge in [0.25, 0.3) is 0 Å². The van der Waals surface area contributed by atoms with Gasteiger partial charge >= 0.3 is 0 Å². The molecule has 0 saturated carbocycles. The van der Waals surface area contributed by atoms with E-state index in [4.69, 9.17) is 5.26 Å². The van der Waals surface area contributed by atoms with Gasteiger partial charge in [-0.05, 0) is 18.6 Å². The minimum atomic E-state index is 0.140. The number of hydrogen-bond donors (Lipinski definition) is 1. The molecule has 4 nitrogen and oxygen atoms in total. The molecule has 1 aromatic rings. The van der Waals surface area contributed by atoms with Crippen molar-refractivity contribution < 1.29 is 4.79 Å². The number of amides is 1. The molecule has 1 unspecified atom stereocenters. The molecule has 1 N–H and O–H groups in total. The van der Waals surface area contributed by atoms with Gasteiger partial charge in [-0.1, -0.05) is 18.2 Å². The SMILES string of the molecule is CCN(CCC#N)C(=O)CC1CNc2ccccc21. The first-order valence-electron chi connectivity index (χ1n) is 6.73. The first-order valence-corrected chi connectivity index (χ1v) is 6.73. The van der Waals surface area contributed by atoms with Gasteiger partial charge in [-0.3, -0.25) is 4.79 Å². The van der Waals surface area contributed by atoms with Crippen molar-refractivity contribution in [1.82, 2.24) is 4.90 Å². The van der Waals surface area contributed by atoms with E-state index in [9.17, 15) is 4.79 Å². The first-order chi connectivity index (χ1) is 9.26. The predicted molar refractivity (Wildman–Crippen MR) is 74.8 cm³/mol. The Hall–Kier alpha value is -2.02. The maximum atomic E-state index is 12.2. The highest BCUT2D eigenvalue weighted by Crippen LogP contribution is 2.33. The highest BCUT2D eigenvalue weighted by Gasteiger charge is 2.25. The fraction of sp³-hybridized carbons (Fsp3) is 0.467. The topological polar surface area (TPSA) is 56.1 Å². The Morgan fingerprint density at radius 3 is 3.05 bits per heavy atom. The summed E-state index contributed by atoms with van der Waals surface area (Å²) in [5.41, 5.74) is 2.37. The van der Waals surface area contributed by atoms with Crippen LogP contribution in [0.15, 0.2) is 24.3 Å².